The lowest BCUT2D eigenvalue weighted by Crippen LogP contribution is -2.12. The van der Waals surface area contributed by atoms with Crippen LogP contribution in [-0.4, -0.2) is 22.4 Å². The fourth-order valence-corrected chi connectivity index (χ4v) is 2.58. The molecule has 1 heterocycles. The number of aromatic nitrogens is 2. The van der Waals surface area contributed by atoms with Crippen LogP contribution in [0.2, 0.25) is 0 Å². The van der Waals surface area contributed by atoms with E-state index in [2.05, 4.69) is 15.5 Å². The van der Waals surface area contributed by atoms with Crippen LogP contribution >= 0.6 is 11.8 Å². The van der Waals surface area contributed by atoms with Crippen LogP contribution in [0.1, 0.15) is 21.5 Å². The van der Waals surface area contributed by atoms with Gasteiger partial charge in [-0.05, 0) is 67.6 Å². The summed E-state index contributed by atoms with van der Waals surface area (Å²) in [6.07, 6.45) is 2.02. The Labute approximate surface area is 144 Å². The number of thioether (sulfide) groups is 1. The molecular formula is C18H17N3O2S. The quantitative estimate of drug-likeness (QED) is 0.717. The highest BCUT2D eigenvalue weighted by Crippen LogP contribution is 2.23. The molecule has 1 amide bonds. The molecular weight excluding hydrogens is 322 g/mol. The van der Waals surface area contributed by atoms with Gasteiger partial charge in [0.05, 0.1) is 0 Å². The molecule has 0 saturated heterocycles. The summed E-state index contributed by atoms with van der Waals surface area (Å²) in [5.41, 5.74) is 3.57. The van der Waals surface area contributed by atoms with Crippen LogP contribution in [0.3, 0.4) is 0 Å². The monoisotopic (exact) mass is 339 g/mol. The van der Waals surface area contributed by atoms with E-state index in [4.69, 9.17) is 4.42 Å². The average molecular weight is 339 g/mol. The van der Waals surface area contributed by atoms with Crippen molar-refractivity contribution in [3.63, 3.8) is 0 Å². The lowest BCUT2D eigenvalue weighted by molar-refractivity contribution is 0.102. The van der Waals surface area contributed by atoms with Crippen molar-refractivity contribution in [3.8, 4) is 11.5 Å². The predicted molar refractivity (Wildman–Crippen MR) is 95.4 cm³/mol. The number of hydrogen-bond acceptors (Lipinski definition) is 5. The van der Waals surface area contributed by atoms with E-state index in [1.807, 2.05) is 56.5 Å². The number of amides is 1. The second-order valence-corrected chi connectivity index (χ2v) is 6.27. The number of rotatable bonds is 4. The number of nitrogens with one attached hydrogen (secondary N) is 1. The number of carbonyl (C=O) groups excluding carboxylic acids is 1. The van der Waals surface area contributed by atoms with Gasteiger partial charge in [-0.3, -0.25) is 10.1 Å². The summed E-state index contributed by atoms with van der Waals surface area (Å²) < 4.78 is 5.53. The van der Waals surface area contributed by atoms with Crippen molar-refractivity contribution < 1.29 is 9.21 Å². The van der Waals surface area contributed by atoms with Gasteiger partial charge in [0.1, 0.15) is 0 Å². The maximum Gasteiger partial charge on any atom is 0.322 e. The molecule has 0 atom stereocenters. The van der Waals surface area contributed by atoms with Crippen LogP contribution in [0.5, 0.6) is 0 Å². The first kappa shape index (κ1) is 16.3. The van der Waals surface area contributed by atoms with Gasteiger partial charge in [0.15, 0.2) is 0 Å². The van der Waals surface area contributed by atoms with Crippen LogP contribution in [0.4, 0.5) is 6.01 Å². The van der Waals surface area contributed by atoms with Crippen molar-refractivity contribution >= 4 is 23.7 Å². The molecule has 24 heavy (non-hydrogen) atoms. The Morgan fingerprint density at radius 1 is 1.04 bits per heavy atom. The van der Waals surface area contributed by atoms with Gasteiger partial charge < -0.3 is 4.42 Å². The third kappa shape index (κ3) is 3.49. The number of hydrogen-bond donors (Lipinski definition) is 1. The minimum Gasteiger partial charge on any atom is -0.403 e. The fourth-order valence-electron chi connectivity index (χ4n) is 2.18. The highest BCUT2D eigenvalue weighted by molar-refractivity contribution is 7.98. The number of aryl methyl sites for hydroxylation is 2. The second-order valence-electron chi connectivity index (χ2n) is 5.39. The zero-order valence-corrected chi connectivity index (χ0v) is 14.5. The van der Waals surface area contributed by atoms with Crippen molar-refractivity contribution in [2.45, 2.75) is 18.7 Å². The lowest BCUT2D eigenvalue weighted by Gasteiger charge is -2.04. The maximum atomic E-state index is 12.3. The molecule has 0 aliphatic heterocycles. The summed E-state index contributed by atoms with van der Waals surface area (Å²) in [6.45, 7) is 3.97. The number of benzene rings is 2. The molecule has 3 rings (SSSR count). The minimum atomic E-state index is -0.272. The zero-order valence-electron chi connectivity index (χ0n) is 13.7. The van der Waals surface area contributed by atoms with Gasteiger partial charge in [-0.15, -0.1) is 16.9 Å². The van der Waals surface area contributed by atoms with E-state index in [-0.39, 0.29) is 11.9 Å². The molecule has 0 spiro atoms. The van der Waals surface area contributed by atoms with Gasteiger partial charge in [0, 0.05) is 16.0 Å². The molecule has 0 saturated carbocycles. The zero-order chi connectivity index (χ0) is 17.1. The van der Waals surface area contributed by atoms with E-state index >= 15 is 0 Å². The molecule has 0 aliphatic rings. The van der Waals surface area contributed by atoms with E-state index in [1.54, 1.807) is 17.8 Å². The van der Waals surface area contributed by atoms with Crippen molar-refractivity contribution in [2.75, 3.05) is 11.6 Å². The number of nitrogens with zero attached hydrogens (tertiary/aromatic N) is 2. The SMILES string of the molecule is CSc1ccc(-c2nnc(NC(=O)c3ccc(C)c(C)c3)o2)cc1. The highest BCUT2D eigenvalue weighted by Gasteiger charge is 2.13. The van der Waals surface area contributed by atoms with Crippen LogP contribution < -0.4 is 5.32 Å². The molecule has 0 fully saturated rings. The summed E-state index contributed by atoms with van der Waals surface area (Å²) in [4.78, 5) is 13.4. The largest absolute Gasteiger partial charge is 0.403 e. The topological polar surface area (TPSA) is 68.0 Å². The molecule has 0 aliphatic carbocycles. The first-order valence-corrected chi connectivity index (χ1v) is 8.66. The number of carbonyl (C=O) groups is 1. The maximum absolute atomic E-state index is 12.3. The molecule has 5 nitrogen and oxygen atoms in total. The van der Waals surface area contributed by atoms with Crippen molar-refractivity contribution in [1.29, 1.82) is 0 Å². The standard InChI is InChI=1S/C18H17N3O2S/c1-11-4-5-14(10-12(11)2)16(22)19-18-21-20-17(23-18)13-6-8-15(24-3)9-7-13/h4-10H,1-3H3,(H,19,21,22). The Hall–Kier alpha value is -2.60. The third-order valence-corrected chi connectivity index (χ3v) is 4.50. The molecule has 0 radical (unpaired) electrons. The van der Waals surface area contributed by atoms with E-state index in [0.29, 0.717) is 11.5 Å². The Morgan fingerprint density at radius 2 is 1.79 bits per heavy atom. The van der Waals surface area contributed by atoms with E-state index in [0.717, 1.165) is 21.6 Å². The molecule has 122 valence electrons. The van der Waals surface area contributed by atoms with Gasteiger partial charge in [-0.2, -0.15) is 0 Å². The van der Waals surface area contributed by atoms with Gasteiger partial charge in [0.2, 0.25) is 5.89 Å². The molecule has 3 aromatic rings. The Kier molecular flexibility index (Phi) is 4.66. The smallest absolute Gasteiger partial charge is 0.322 e. The Morgan fingerprint density at radius 3 is 2.46 bits per heavy atom. The Balaban J connectivity index is 1.75. The summed E-state index contributed by atoms with van der Waals surface area (Å²) in [6, 6.07) is 13.4. The van der Waals surface area contributed by atoms with Gasteiger partial charge in [-0.25, -0.2) is 0 Å². The summed E-state index contributed by atoms with van der Waals surface area (Å²) in [5.74, 6) is 0.101. The molecule has 1 N–H and O–H groups in total. The minimum absolute atomic E-state index is 0.0853. The molecule has 2 aromatic carbocycles. The van der Waals surface area contributed by atoms with Crippen molar-refractivity contribution in [3.05, 3.63) is 59.2 Å². The summed E-state index contributed by atoms with van der Waals surface area (Å²) in [5, 5.41) is 10.5. The summed E-state index contributed by atoms with van der Waals surface area (Å²) >= 11 is 1.66. The van der Waals surface area contributed by atoms with Gasteiger partial charge in [-0.1, -0.05) is 11.2 Å². The van der Waals surface area contributed by atoms with Gasteiger partial charge in [0.25, 0.3) is 5.91 Å². The molecule has 0 bridgehead atoms. The average Bonchev–Trinajstić information content (AvgIpc) is 3.06. The summed E-state index contributed by atoms with van der Waals surface area (Å²) in [7, 11) is 0. The Bertz CT molecular complexity index is 872. The first-order valence-electron chi connectivity index (χ1n) is 7.43. The lowest BCUT2D eigenvalue weighted by atomic mass is 10.1. The second kappa shape index (κ2) is 6.88. The van der Waals surface area contributed by atoms with Crippen molar-refractivity contribution in [1.82, 2.24) is 10.2 Å². The van der Waals surface area contributed by atoms with E-state index < -0.39 is 0 Å². The molecule has 6 heteroatoms. The fraction of sp³-hybridized carbons (Fsp3) is 0.167. The number of anilines is 1. The normalized spacial score (nSPS) is 10.6. The molecule has 0 unspecified atom stereocenters. The van der Waals surface area contributed by atoms with E-state index in [9.17, 15) is 4.79 Å². The van der Waals surface area contributed by atoms with E-state index in [1.165, 1.54) is 0 Å². The van der Waals surface area contributed by atoms with Crippen LogP contribution in [0, 0.1) is 13.8 Å². The predicted octanol–water partition coefficient (Wildman–Crippen LogP) is 4.33. The first-order chi connectivity index (χ1) is 11.6. The van der Waals surface area contributed by atoms with Crippen molar-refractivity contribution in [2.24, 2.45) is 0 Å². The van der Waals surface area contributed by atoms with Crippen LogP contribution in [0.25, 0.3) is 11.5 Å². The van der Waals surface area contributed by atoms with Gasteiger partial charge >= 0.3 is 6.01 Å². The van der Waals surface area contributed by atoms with Crippen LogP contribution in [-0.2, 0) is 0 Å². The highest BCUT2D eigenvalue weighted by atomic mass is 32.2. The van der Waals surface area contributed by atoms with Crippen LogP contribution in [0.15, 0.2) is 51.8 Å². The third-order valence-electron chi connectivity index (χ3n) is 3.75. The molecule has 1 aromatic heterocycles.